The van der Waals surface area contributed by atoms with Crippen LogP contribution < -0.4 is 0 Å². The van der Waals surface area contributed by atoms with Crippen LogP contribution in [-0.2, 0) is 24.3 Å². The first-order valence-electron chi connectivity index (χ1n) is 11.3. The maximum absolute atomic E-state index is 13.0. The number of aromatic hydroxyl groups is 1. The van der Waals surface area contributed by atoms with Crippen molar-refractivity contribution in [3.63, 3.8) is 0 Å². The van der Waals surface area contributed by atoms with Gasteiger partial charge in [-0.2, -0.15) is 4.31 Å². The molecule has 1 amide bonds. The van der Waals surface area contributed by atoms with Gasteiger partial charge >= 0.3 is 0 Å². The van der Waals surface area contributed by atoms with Crippen LogP contribution in [0.1, 0.15) is 37.4 Å². The largest absolute Gasteiger partial charge is 0.508 e. The van der Waals surface area contributed by atoms with Crippen LogP contribution >= 0.6 is 0 Å². The first kappa shape index (κ1) is 26.4. The first-order chi connectivity index (χ1) is 16.7. The molecule has 2 aromatic rings. The van der Waals surface area contributed by atoms with E-state index in [1.165, 1.54) is 52.7 Å². The molecule has 1 saturated heterocycles. The summed E-state index contributed by atoms with van der Waals surface area (Å²) in [5, 5.41) is 20.8. The molecule has 2 N–H and O–H groups in total. The molecule has 3 rings (SSSR count). The summed E-state index contributed by atoms with van der Waals surface area (Å²) in [4.78, 5) is 27.3. The number of amides is 1. The summed E-state index contributed by atoms with van der Waals surface area (Å²) in [6, 6.07) is 10.8. The van der Waals surface area contributed by atoms with Crippen molar-refractivity contribution in [3.05, 3.63) is 65.2 Å². The summed E-state index contributed by atoms with van der Waals surface area (Å²) in [6.45, 7) is 4.74. The number of methoxy groups -OCH3 is 1. The molecule has 35 heavy (non-hydrogen) atoms. The summed E-state index contributed by atoms with van der Waals surface area (Å²) >= 11 is 0. The minimum Gasteiger partial charge on any atom is -0.508 e. The Kier molecular flexibility index (Phi) is 8.31. The van der Waals surface area contributed by atoms with Crippen molar-refractivity contribution in [2.45, 2.75) is 31.2 Å². The number of Topliss-reactive ketones (excluding diaryl/α,β-unsaturated/α-hetero) is 1. The standard InChI is InChI=1S/C25H30N2O7S/c1-4-26(5-2)35(32,33)20-13-9-18(10-14-20)23(29)21-22(17-7-11-19(28)12-8-17)27(15-6-16-34-3)25(31)24(21)30/h7-14,22,28-29H,4-6,15-16H2,1-3H3/b23-21+/t22-/m1/s1. The number of ether oxygens (including phenoxy) is 1. The van der Waals surface area contributed by atoms with E-state index in [4.69, 9.17) is 4.74 Å². The second-order valence-electron chi connectivity index (χ2n) is 8.04. The molecule has 1 fully saturated rings. The van der Waals surface area contributed by atoms with E-state index in [2.05, 4.69) is 0 Å². The number of rotatable bonds is 10. The Bertz CT molecular complexity index is 1200. The van der Waals surface area contributed by atoms with Crippen molar-refractivity contribution >= 4 is 27.5 Å². The van der Waals surface area contributed by atoms with Crippen molar-refractivity contribution in [3.8, 4) is 5.75 Å². The Balaban J connectivity index is 2.07. The van der Waals surface area contributed by atoms with Gasteiger partial charge in [-0.05, 0) is 48.4 Å². The molecule has 0 aromatic heterocycles. The Morgan fingerprint density at radius 3 is 2.17 bits per heavy atom. The number of phenols is 1. The summed E-state index contributed by atoms with van der Waals surface area (Å²) in [6.07, 6.45) is 0.482. The third-order valence-corrected chi connectivity index (χ3v) is 8.03. The fourth-order valence-corrected chi connectivity index (χ4v) is 5.60. The van der Waals surface area contributed by atoms with E-state index in [9.17, 15) is 28.2 Å². The van der Waals surface area contributed by atoms with Gasteiger partial charge in [-0.3, -0.25) is 9.59 Å². The zero-order valence-electron chi connectivity index (χ0n) is 20.0. The lowest BCUT2D eigenvalue weighted by atomic mass is 9.95. The van der Waals surface area contributed by atoms with Crippen LogP contribution in [0.15, 0.2) is 59.0 Å². The van der Waals surface area contributed by atoms with Gasteiger partial charge in [-0.1, -0.05) is 26.0 Å². The molecule has 0 bridgehead atoms. The molecule has 1 aliphatic rings. The number of carbonyl (C=O) groups excluding carboxylic acids is 2. The van der Waals surface area contributed by atoms with Gasteiger partial charge in [0.1, 0.15) is 11.5 Å². The number of hydrogen-bond acceptors (Lipinski definition) is 7. The molecule has 0 unspecified atom stereocenters. The number of ketones is 1. The second-order valence-corrected chi connectivity index (χ2v) is 9.98. The fourth-order valence-electron chi connectivity index (χ4n) is 4.15. The molecule has 9 nitrogen and oxygen atoms in total. The molecule has 0 radical (unpaired) electrons. The van der Waals surface area contributed by atoms with E-state index in [-0.39, 0.29) is 28.3 Å². The Morgan fingerprint density at radius 2 is 1.63 bits per heavy atom. The van der Waals surface area contributed by atoms with E-state index in [0.717, 1.165) is 0 Å². The number of aliphatic hydroxyl groups excluding tert-OH is 1. The number of likely N-dealkylation sites (tertiary alicyclic amines) is 1. The molecule has 10 heteroatoms. The van der Waals surface area contributed by atoms with Crippen molar-refractivity contribution in [1.82, 2.24) is 9.21 Å². The van der Waals surface area contributed by atoms with Crippen LogP contribution in [0.2, 0.25) is 0 Å². The highest BCUT2D eigenvalue weighted by Gasteiger charge is 2.45. The molecule has 0 saturated carbocycles. The van der Waals surface area contributed by atoms with Crippen LogP contribution in [0.25, 0.3) is 5.76 Å². The van der Waals surface area contributed by atoms with Crippen LogP contribution in [-0.4, -0.2) is 72.9 Å². The minimum absolute atomic E-state index is 0.0232. The van der Waals surface area contributed by atoms with Crippen LogP contribution in [0.4, 0.5) is 0 Å². The van der Waals surface area contributed by atoms with Crippen molar-refractivity contribution in [1.29, 1.82) is 0 Å². The maximum Gasteiger partial charge on any atom is 0.295 e. The molecular formula is C25H30N2O7S. The van der Waals surface area contributed by atoms with Gasteiger partial charge in [0.25, 0.3) is 11.7 Å². The number of aliphatic hydroxyl groups is 1. The normalized spacial score (nSPS) is 17.9. The second kappa shape index (κ2) is 11.0. The SMILES string of the molecule is CCN(CC)S(=O)(=O)c1ccc(/C(O)=C2\C(=O)C(=O)N(CCCOC)[C@@H]2c2ccc(O)cc2)cc1. The summed E-state index contributed by atoms with van der Waals surface area (Å²) in [7, 11) is -2.15. The molecule has 1 heterocycles. The smallest absolute Gasteiger partial charge is 0.295 e. The van der Waals surface area contributed by atoms with Gasteiger partial charge in [-0.25, -0.2) is 8.42 Å². The third kappa shape index (κ3) is 5.24. The zero-order chi connectivity index (χ0) is 25.8. The molecule has 1 aliphatic heterocycles. The van der Waals surface area contributed by atoms with Crippen LogP contribution in [0.3, 0.4) is 0 Å². The average Bonchev–Trinajstić information content (AvgIpc) is 3.10. The average molecular weight is 503 g/mol. The number of hydrogen-bond donors (Lipinski definition) is 2. The predicted molar refractivity (Wildman–Crippen MR) is 130 cm³/mol. The van der Waals surface area contributed by atoms with Crippen molar-refractivity contribution in [2.24, 2.45) is 0 Å². The maximum atomic E-state index is 13.0. The van der Waals surface area contributed by atoms with Crippen molar-refractivity contribution < 1.29 is 33.0 Å². The number of benzene rings is 2. The topological polar surface area (TPSA) is 124 Å². The lowest BCUT2D eigenvalue weighted by Crippen LogP contribution is -2.31. The summed E-state index contributed by atoms with van der Waals surface area (Å²) in [5.41, 5.74) is 0.654. The molecule has 0 spiro atoms. The highest BCUT2D eigenvalue weighted by molar-refractivity contribution is 7.89. The number of phenolic OH excluding ortho intramolecular Hbond substituents is 1. The monoisotopic (exact) mass is 502 g/mol. The van der Waals surface area contributed by atoms with Gasteiger partial charge in [0.15, 0.2) is 0 Å². The Morgan fingerprint density at radius 1 is 1.03 bits per heavy atom. The number of sulfonamides is 1. The van der Waals surface area contributed by atoms with Crippen molar-refractivity contribution in [2.75, 3.05) is 33.4 Å². The van der Waals surface area contributed by atoms with E-state index >= 15 is 0 Å². The van der Waals surface area contributed by atoms with Crippen LogP contribution in [0.5, 0.6) is 5.75 Å². The van der Waals surface area contributed by atoms with E-state index in [1.807, 2.05) is 0 Å². The summed E-state index contributed by atoms with van der Waals surface area (Å²) < 4.78 is 31.9. The molecule has 0 aliphatic carbocycles. The summed E-state index contributed by atoms with van der Waals surface area (Å²) in [5.74, 6) is -1.96. The first-order valence-corrected chi connectivity index (χ1v) is 12.8. The van der Waals surface area contributed by atoms with Gasteiger partial charge in [0.05, 0.1) is 16.5 Å². The van der Waals surface area contributed by atoms with Gasteiger partial charge in [0.2, 0.25) is 10.0 Å². The molecule has 188 valence electrons. The lowest BCUT2D eigenvalue weighted by molar-refractivity contribution is -0.140. The number of nitrogens with zero attached hydrogens (tertiary/aromatic N) is 2. The Labute approximate surface area is 205 Å². The van der Waals surface area contributed by atoms with Gasteiger partial charge in [0, 0.05) is 38.9 Å². The minimum atomic E-state index is -3.69. The molecule has 2 aromatic carbocycles. The zero-order valence-corrected chi connectivity index (χ0v) is 20.8. The molecule has 1 atom stereocenters. The number of carbonyl (C=O) groups is 2. The quantitative estimate of drug-likeness (QED) is 0.222. The van der Waals surface area contributed by atoms with E-state index in [0.29, 0.717) is 31.7 Å². The van der Waals surface area contributed by atoms with E-state index in [1.54, 1.807) is 26.0 Å². The fraction of sp³-hybridized carbons (Fsp3) is 0.360. The third-order valence-electron chi connectivity index (χ3n) is 5.97. The van der Waals surface area contributed by atoms with Gasteiger partial charge in [-0.15, -0.1) is 0 Å². The highest BCUT2D eigenvalue weighted by Crippen LogP contribution is 2.40. The van der Waals surface area contributed by atoms with E-state index < -0.39 is 33.5 Å². The molecular weight excluding hydrogens is 472 g/mol. The Hall–Kier alpha value is -3.21. The lowest BCUT2D eigenvalue weighted by Gasteiger charge is -2.25. The van der Waals surface area contributed by atoms with Crippen LogP contribution in [0, 0.1) is 0 Å². The highest BCUT2D eigenvalue weighted by atomic mass is 32.2. The van der Waals surface area contributed by atoms with Gasteiger partial charge < -0.3 is 19.8 Å². The predicted octanol–water partition coefficient (Wildman–Crippen LogP) is 2.88.